The Hall–Kier alpha value is -2.28. The molecule has 0 aliphatic carbocycles. The summed E-state index contributed by atoms with van der Waals surface area (Å²) in [5, 5.41) is 0.667. The van der Waals surface area contributed by atoms with Gasteiger partial charge in [-0.25, -0.2) is 9.78 Å². The fourth-order valence-electron chi connectivity index (χ4n) is 3.34. The SMILES string of the molecule is Cc1nc(-c2ccccn2)sc1C(=O)OCC(=O)N1C[C@H](C)C[C@H](C)C1. The van der Waals surface area contributed by atoms with Gasteiger partial charge in [0.15, 0.2) is 6.61 Å². The van der Waals surface area contributed by atoms with Crippen LogP contribution in [0.3, 0.4) is 0 Å². The summed E-state index contributed by atoms with van der Waals surface area (Å²) in [5.41, 5.74) is 1.31. The van der Waals surface area contributed by atoms with E-state index in [0.717, 1.165) is 19.5 Å². The molecule has 138 valence electrons. The highest BCUT2D eigenvalue weighted by Crippen LogP contribution is 2.27. The third-order valence-electron chi connectivity index (χ3n) is 4.41. The first-order valence-corrected chi connectivity index (χ1v) is 9.59. The number of hydrogen-bond acceptors (Lipinski definition) is 6. The Morgan fingerprint density at radius 1 is 1.27 bits per heavy atom. The van der Waals surface area contributed by atoms with Crippen molar-refractivity contribution < 1.29 is 14.3 Å². The van der Waals surface area contributed by atoms with Crippen LogP contribution in [0.25, 0.3) is 10.7 Å². The van der Waals surface area contributed by atoms with Gasteiger partial charge in [0.1, 0.15) is 9.88 Å². The van der Waals surface area contributed by atoms with Crippen LogP contribution < -0.4 is 0 Å². The van der Waals surface area contributed by atoms with Gasteiger partial charge in [0.2, 0.25) is 0 Å². The molecule has 7 heteroatoms. The van der Waals surface area contributed by atoms with Crippen molar-refractivity contribution in [3.05, 3.63) is 35.0 Å². The van der Waals surface area contributed by atoms with Gasteiger partial charge in [-0.1, -0.05) is 19.9 Å². The molecular weight excluding hydrogens is 350 g/mol. The van der Waals surface area contributed by atoms with Gasteiger partial charge >= 0.3 is 5.97 Å². The number of carbonyl (C=O) groups is 2. The summed E-state index contributed by atoms with van der Waals surface area (Å²) in [4.78, 5) is 35.6. The molecule has 3 rings (SSSR count). The number of esters is 1. The average Bonchev–Trinajstić information content (AvgIpc) is 3.01. The molecule has 1 aliphatic rings. The average molecular weight is 373 g/mol. The first-order valence-electron chi connectivity index (χ1n) is 8.77. The smallest absolute Gasteiger partial charge is 0.350 e. The number of thiazole rings is 1. The number of aromatic nitrogens is 2. The zero-order valence-electron chi connectivity index (χ0n) is 15.3. The molecule has 0 aromatic carbocycles. The zero-order chi connectivity index (χ0) is 18.7. The number of carbonyl (C=O) groups excluding carboxylic acids is 2. The van der Waals surface area contributed by atoms with Crippen molar-refractivity contribution in [2.45, 2.75) is 27.2 Å². The zero-order valence-corrected chi connectivity index (χ0v) is 16.1. The highest BCUT2D eigenvalue weighted by Gasteiger charge is 2.26. The lowest BCUT2D eigenvalue weighted by Crippen LogP contribution is -2.44. The van der Waals surface area contributed by atoms with Gasteiger partial charge < -0.3 is 9.64 Å². The molecule has 1 aliphatic heterocycles. The maximum atomic E-state index is 12.4. The molecule has 26 heavy (non-hydrogen) atoms. The van der Waals surface area contributed by atoms with Crippen LogP contribution in [0.1, 0.15) is 35.6 Å². The van der Waals surface area contributed by atoms with E-state index in [0.29, 0.717) is 33.1 Å². The Bertz CT molecular complexity index is 781. The second-order valence-electron chi connectivity index (χ2n) is 6.97. The lowest BCUT2D eigenvalue weighted by atomic mass is 9.92. The van der Waals surface area contributed by atoms with Crippen LogP contribution in [0.2, 0.25) is 0 Å². The largest absolute Gasteiger partial charge is 0.451 e. The predicted molar refractivity (Wildman–Crippen MR) is 99.9 cm³/mol. The minimum atomic E-state index is -0.506. The Balaban J connectivity index is 1.62. The highest BCUT2D eigenvalue weighted by atomic mass is 32.1. The number of ether oxygens (including phenoxy) is 1. The maximum Gasteiger partial charge on any atom is 0.350 e. The number of piperidine rings is 1. The van der Waals surface area contributed by atoms with Crippen molar-refractivity contribution in [2.24, 2.45) is 11.8 Å². The number of aryl methyl sites for hydroxylation is 1. The molecule has 1 fully saturated rings. The molecule has 6 nitrogen and oxygen atoms in total. The fraction of sp³-hybridized carbons (Fsp3) is 0.474. The van der Waals surface area contributed by atoms with Gasteiger partial charge in [-0.15, -0.1) is 11.3 Å². The molecule has 0 saturated carbocycles. The van der Waals surface area contributed by atoms with Crippen molar-refractivity contribution in [1.29, 1.82) is 0 Å². The van der Waals surface area contributed by atoms with Gasteiger partial charge in [-0.2, -0.15) is 0 Å². The summed E-state index contributed by atoms with van der Waals surface area (Å²) >= 11 is 1.24. The monoisotopic (exact) mass is 373 g/mol. The second-order valence-corrected chi connectivity index (χ2v) is 7.97. The number of amides is 1. The molecule has 0 unspecified atom stereocenters. The van der Waals surface area contributed by atoms with E-state index in [9.17, 15) is 9.59 Å². The Morgan fingerprint density at radius 3 is 2.65 bits per heavy atom. The van der Waals surface area contributed by atoms with E-state index in [1.807, 2.05) is 18.2 Å². The summed E-state index contributed by atoms with van der Waals surface area (Å²) in [6.07, 6.45) is 2.81. The summed E-state index contributed by atoms with van der Waals surface area (Å²) in [7, 11) is 0. The van der Waals surface area contributed by atoms with Crippen molar-refractivity contribution in [3.8, 4) is 10.7 Å². The molecular formula is C19H23N3O3S. The van der Waals surface area contributed by atoms with E-state index in [1.165, 1.54) is 11.3 Å². The third-order valence-corrected chi connectivity index (χ3v) is 5.57. The molecule has 2 aromatic heterocycles. The first-order chi connectivity index (χ1) is 12.4. The molecule has 0 N–H and O–H groups in total. The second kappa shape index (κ2) is 7.95. The van der Waals surface area contributed by atoms with Crippen molar-refractivity contribution in [2.75, 3.05) is 19.7 Å². The normalized spacial score (nSPS) is 20.0. The highest BCUT2D eigenvalue weighted by molar-refractivity contribution is 7.17. The summed E-state index contributed by atoms with van der Waals surface area (Å²) in [6, 6.07) is 5.54. The lowest BCUT2D eigenvalue weighted by molar-refractivity contribution is -0.137. The lowest BCUT2D eigenvalue weighted by Gasteiger charge is -2.34. The van der Waals surface area contributed by atoms with Crippen LogP contribution in [-0.2, 0) is 9.53 Å². The van der Waals surface area contributed by atoms with Gasteiger partial charge in [-0.3, -0.25) is 9.78 Å². The molecule has 2 aromatic rings. The van der Waals surface area contributed by atoms with E-state index >= 15 is 0 Å². The van der Waals surface area contributed by atoms with Gasteiger partial charge in [0, 0.05) is 19.3 Å². The quantitative estimate of drug-likeness (QED) is 0.770. The van der Waals surface area contributed by atoms with Crippen molar-refractivity contribution in [1.82, 2.24) is 14.9 Å². The molecule has 0 spiro atoms. The Morgan fingerprint density at radius 2 is 2.00 bits per heavy atom. The first kappa shape index (κ1) is 18.5. The van der Waals surface area contributed by atoms with Gasteiger partial charge in [0.25, 0.3) is 5.91 Å². The van der Waals surface area contributed by atoms with Crippen LogP contribution in [0, 0.1) is 18.8 Å². The van der Waals surface area contributed by atoms with Gasteiger partial charge in [0.05, 0.1) is 11.4 Å². The summed E-state index contributed by atoms with van der Waals surface area (Å²) < 4.78 is 5.26. The molecule has 0 radical (unpaired) electrons. The van der Waals surface area contributed by atoms with Crippen molar-refractivity contribution in [3.63, 3.8) is 0 Å². The van der Waals surface area contributed by atoms with Crippen LogP contribution in [-0.4, -0.2) is 46.4 Å². The van der Waals surface area contributed by atoms with Crippen LogP contribution >= 0.6 is 11.3 Å². The number of hydrogen-bond donors (Lipinski definition) is 0. The topological polar surface area (TPSA) is 72.4 Å². The number of nitrogens with zero attached hydrogens (tertiary/aromatic N) is 3. The Kier molecular flexibility index (Phi) is 5.66. The fourth-order valence-corrected chi connectivity index (χ4v) is 4.27. The number of likely N-dealkylation sites (tertiary alicyclic amines) is 1. The number of pyridine rings is 1. The third kappa shape index (κ3) is 4.27. The molecule has 1 saturated heterocycles. The standard InChI is InChI=1S/C19H23N3O3S/c1-12-8-13(2)10-22(9-12)16(23)11-25-19(24)17-14(3)21-18(26-17)15-6-4-5-7-20-15/h4-7,12-13H,8-11H2,1-3H3/t12-,13+. The van der Waals surface area contributed by atoms with Crippen LogP contribution in [0.5, 0.6) is 0 Å². The summed E-state index contributed by atoms with van der Waals surface area (Å²) in [6.45, 7) is 7.27. The van der Waals surface area contributed by atoms with Crippen LogP contribution in [0.15, 0.2) is 24.4 Å². The van der Waals surface area contributed by atoms with Crippen LogP contribution in [0.4, 0.5) is 0 Å². The molecule has 3 heterocycles. The van der Waals surface area contributed by atoms with Crippen molar-refractivity contribution >= 4 is 23.2 Å². The molecule has 1 amide bonds. The number of rotatable bonds is 4. The van der Waals surface area contributed by atoms with E-state index < -0.39 is 5.97 Å². The predicted octanol–water partition coefficient (Wildman–Crippen LogP) is 3.17. The van der Waals surface area contributed by atoms with Gasteiger partial charge in [-0.05, 0) is 37.3 Å². The van der Waals surface area contributed by atoms with E-state index in [1.54, 1.807) is 18.0 Å². The minimum Gasteiger partial charge on any atom is -0.451 e. The summed E-state index contributed by atoms with van der Waals surface area (Å²) in [5.74, 6) is 0.309. The van der Waals surface area contributed by atoms with E-state index in [2.05, 4.69) is 23.8 Å². The molecule has 2 atom stereocenters. The minimum absolute atomic E-state index is 0.135. The molecule has 0 bridgehead atoms. The maximum absolute atomic E-state index is 12.4. The van der Waals surface area contributed by atoms with E-state index in [-0.39, 0.29) is 12.5 Å². The Labute approximate surface area is 157 Å². The van der Waals surface area contributed by atoms with E-state index in [4.69, 9.17) is 4.74 Å².